The van der Waals surface area contributed by atoms with Gasteiger partial charge in [-0.3, -0.25) is 4.99 Å². The molecule has 8 heteroatoms. The van der Waals surface area contributed by atoms with Crippen LogP contribution in [0.5, 0.6) is 0 Å². The summed E-state index contributed by atoms with van der Waals surface area (Å²) in [7, 11) is 0. The van der Waals surface area contributed by atoms with Gasteiger partial charge in [0, 0.05) is 36.1 Å². The predicted octanol–water partition coefficient (Wildman–Crippen LogP) is 4.17. The molecule has 1 aliphatic heterocycles. The maximum absolute atomic E-state index is 11.8. The minimum atomic E-state index is -0.208. The molecule has 1 aliphatic carbocycles. The standard InChI is InChI=1S/C21H31ClN4O2.HI/c1-3-23-19(25-18-9-13-26(14-10-18)20(27)28-4-2)24-15-21(11-12-21)16-5-7-17(22)8-6-16;/h5-8,18H,3-4,9-15H2,1-2H3,(H2,23,24,25);1H. The lowest BCUT2D eigenvalue weighted by Crippen LogP contribution is -2.50. The van der Waals surface area contributed by atoms with Crippen molar-refractivity contribution in [2.24, 2.45) is 4.99 Å². The summed E-state index contributed by atoms with van der Waals surface area (Å²) in [5.41, 5.74) is 1.47. The fourth-order valence-electron chi connectivity index (χ4n) is 3.66. The van der Waals surface area contributed by atoms with Crippen molar-refractivity contribution in [2.75, 3.05) is 32.8 Å². The molecule has 0 bridgehead atoms. The van der Waals surface area contributed by atoms with Gasteiger partial charge in [-0.2, -0.15) is 0 Å². The molecule has 2 fully saturated rings. The Labute approximate surface area is 195 Å². The molecule has 6 nitrogen and oxygen atoms in total. The normalized spacial score (nSPS) is 18.6. The summed E-state index contributed by atoms with van der Waals surface area (Å²) in [6.45, 7) is 7.35. The first-order valence-electron chi connectivity index (χ1n) is 10.3. The Morgan fingerprint density at radius 3 is 2.45 bits per heavy atom. The molecule has 1 saturated heterocycles. The van der Waals surface area contributed by atoms with Gasteiger partial charge in [-0.15, -0.1) is 24.0 Å². The summed E-state index contributed by atoms with van der Waals surface area (Å²) in [4.78, 5) is 18.5. The summed E-state index contributed by atoms with van der Waals surface area (Å²) in [6, 6.07) is 8.48. The summed E-state index contributed by atoms with van der Waals surface area (Å²) in [5.74, 6) is 0.859. The lowest BCUT2D eigenvalue weighted by Gasteiger charge is -2.32. The van der Waals surface area contributed by atoms with E-state index in [1.54, 1.807) is 4.90 Å². The molecule has 2 aliphatic rings. The van der Waals surface area contributed by atoms with Crippen molar-refractivity contribution >= 4 is 47.6 Å². The number of nitrogens with zero attached hydrogens (tertiary/aromatic N) is 2. The highest BCUT2D eigenvalue weighted by Gasteiger charge is 2.44. The Hall–Kier alpha value is -1.22. The number of carbonyl (C=O) groups is 1. The molecule has 1 aromatic carbocycles. The van der Waals surface area contributed by atoms with Gasteiger partial charge in [-0.1, -0.05) is 23.7 Å². The van der Waals surface area contributed by atoms with E-state index in [-0.39, 0.29) is 35.5 Å². The molecule has 1 aromatic rings. The molecule has 0 radical (unpaired) electrons. The molecular weight excluding hydrogens is 503 g/mol. The number of amides is 1. The van der Waals surface area contributed by atoms with E-state index in [1.165, 1.54) is 5.56 Å². The van der Waals surface area contributed by atoms with Crippen LogP contribution in [0.1, 0.15) is 45.1 Å². The fourth-order valence-corrected chi connectivity index (χ4v) is 3.78. The SMILES string of the molecule is CCNC(=NCC1(c2ccc(Cl)cc2)CC1)NC1CCN(C(=O)OCC)CC1.I. The maximum Gasteiger partial charge on any atom is 0.409 e. The zero-order chi connectivity index (χ0) is 20.0. The monoisotopic (exact) mass is 534 g/mol. The molecular formula is C21H32ClIN4O2. The van der Waals surface area contributed by atoms with Crippen LogP contribution in [-0.4, -0.2) is 55.8 Å². The van der Waals surface area contributed by atoms with Crippen molar-refractivity contribution in [3.8, 4) is 0 Å². The first kappa shape index (κ1) is 24.1. The number of aliphatic imine (C=N–C) groups is 1. The summed E-state index contributed by atoms with van der Waals surface area (Å²) >= 11 is 6.03. The largest absolute Gasteiger partial charge is 0.450 e. The van der Waals surface area contributed by atoms with Crippen molar-refractivity contribution < 1.29 is 9.53 Å². The highest BCUT2D eigenvalue weighted by molar-refractivity contribution is 14.0. The van der Waals surface area contributed by atoms with Gasteiger partial charge < -0.3 is 20.3 Å². The van der Waals surface area contributed by atoms with E-state index in [0.717, 1.165) is 49.8 Å². The van der Waals surface area contributed by atoms with Gasteiger partial charge in [0.1, 0.15) is 0 Å². The Balaban J connectivity index is 0.00000300. The third-order valence-electron chi connectivity index (χ3n) is 5.56. The Bertz CT molecular complexity index is 686. The lowest BCUT2D eigenvalue weighted by molar-refractivity contribution is 0.0963. The number of ether oxygens (including phenoxy) is 1. The number of carbonyl (C=O) groups excluding carboxylic acids is 1. The first-order chi connectivity index (χ1) is 13.6. The first-order valence-corrected chi connectivity index (χ1v) is 10.7. The molecule has 2 N–H and O–H groups in total. The summed E-state index contributed by atoms with van der Waals surface area (Å²) in [6.07, 6.45) is 3.90. The number of piperidine rings is 1. The number of hydrogen-bond acceptors (Lipinski definition) is 3. The van der Waals surface area contributed by atoms with Gasteiger partial charge in [0.2, 0.25) is 0 Å². The molecule has 3 rings (SSSR count). The van der Waals surface area contributed by atoms with E-state index in [0.29, 0.717) is 25.7 Å². The zero-order valence-electron chi connectivity index (χ0n) is 17.2. The number of rotatable bonds is 6. The van der Waals surface area contributed by atoms with Crippen LogP contribution in [0.4, 0.5) is 4.79 Å². The van der Waals surface area contributed by atoms with Crippen LogP contribution >= 0.6 is 35.6 Å². The van der Waals surface area contributed by atoms with Gasteiger partial charge in [-0.25, -0.2) is 4.79 Å². The molecule has 1 heterocycles. The Morgan fingerprint density at radius 1 is 1.24 bits per heavy atom. The minimum absolute atomic E-state index is 0. The van der Waals surface area contributed by atoms with Crippen LogP contribution in [0.2, 0.25) is 5.02 Å². The van der Waals surface area contributed by atoms with Gasteiger partial charge in [-0.05, 0) is 57.2 Å². The van der Waals surface area contributed by atoms with Crippen LogP contribution in [0.25, 0.3) is 0 Å². The molecule has 1 saturated carbocycles. The van der Waals surface area contributed by atoms with Crippen LogP contribution < -0.4 is 10.6 Å². The molecule has 0 aromatic heterocycles. The minimum Gasteiger partial charge on any atom is -0.450 e. The second-order valence-corrected chi connectivity index (χ2v) is 8.02. The maximum atomic E-state index is 11.8. The summed E-state index contributed by atoms with van der Waals surface area (Å²) in [5, 5.41) is 7.68. The van der Waals surface area contributed by atoms with E-state index in [9.17, 15) is 4.79 Å². The van der Waals surface area contributed by atoms with E-state index in [4.69, 9.17) is 21.3 Å². The molecule has 0 atom stereocenters. The number of hydrogen-bond donors (Lipinski definition) is 2. The second kappa shape index (κ2) is 11.2. The quantitative estimate of drug-likeness (QED) is 0.327. The van der Waals surface area contributed by atoms with Crippen molar-refractivity contribution in [1.82, 2.24) is 15.5 Å². The van der Waals surface area contributed by atoms with Crippen molar-refractivity contribution in [3.63, 3.8) is 0 Å². The van der Waals surface area contributed by atoms with Gasteiger partial charge in [0.25, 0.3) is 0 Å². The van der Waals surface area contributed by atoms with Gasteiger partial charge in [0.15, 0.2) is 5.96 Å². The van der Waals surface area contributed by atoms with E-state index >= 15 is 0 Å². The second-order valence-electron chi connectivity index (χ2n) is 7.59. The lowest BCUT2D eigenvalue weighted by atomic mass is 9.96. The highest BCUT2D eigenvalue weighted by atomic mass is 127. The van der Waals surface area contributed by atoms with Crippen molar-refractivity contribution in [1.29, 1.82) is 0 Å². The topological polar surface area (TPSA) is 66.0 Å². The van der Waals surface area contributed by atoms with Crippen molar-refractivity contribution in [2.45, 2.75) is 51.0 Å². The number of likely N-dealkylation sites (tertiary alicyclic amines) is 1. The molecule has 0 spiro atoms. The van der Waals surface area contributed by atoms with E-state index < -0.39 is 0 Å². The number of halogens is 2. The molecule has 29 heavy (non-hydrogen) atoms. The van der Waals surface area contributed by atoms with Crippen LogP contribution in [0, 0.1) is 0 Å². The van der Waals surface area contributed by atoms with Gasteiger partial charge in [0.05, 0.1) is 13.2 Å². The van der Waals surface area contributed by atoms with Crippen molar-refractivity contribution in [3.05, 3.63) is 34.9 Å². The molecule has 162 valence electrons. The van der Waals surface area contributed by atoms with Crippen LogP contribution in [0.15, 0.2) is 29.3 Å². The molecule has 1 amide bonds. The zero-order valence-corrected chi connectivity index (χ0v) is 20.3. The fraction of sp³-hybridized carbons (Fsp3) is 0.619. The average molecular weight is 535 g/mol. The van der Waals surface area contributed by atoms with E-state index in [2.05, 4.69) is 29.7 Å². The Kier molecular flexibility index (Phi) is 9.33. The predicted molar refractivity (Wildman–Crippen MR) is 129 cm³/mol. The third-order valence-corrected chi connectivity index (χ3v) is 5.81. The smallest absolute Gasteiger partial charge is 0.409 e. The number of nitrogens with one attached hydrogen (secondary N) is 2. The van der Waals surface area contributed by atoms with Gasteiger partial charge >= 0.3 is 6.09 Å². The van der Waals surface area contributed by atoms with E-state index in [1.807, 2.05) is 19.1 Å². The third kappa shape index (κ3) is 6.64. The molecule has 0 unspecified atom stereocenters. The van der Waals surface area contributed by atoms with Crippen LogP contribution in [0.3, 0.4) is 0 Å². The average Bonchev–Trinajstić information content (AvgIpc) is 3.49. The highest BCUT2D eigenvalue weighted by Crippen LogP contribution is 2.48. The summed E-state index contributed by atoms with van der Waals surface area (Å²) < 4.78 is 5.09. The van der Waals surface area contributed by atoms with Crippen LogP contribution in [-0.2, 0) is 10.2 Å². The Morgan fingerprint density at radius 2 is 1.90 bits per heavy atom. The number of benzene rings is 1. The number of guanidine groups is 1.